The molecular weight excluding hydrogens is 328 g/mol. The van der Waals surface area contributed by atoms with Crippen LogP contribution in [0.25, 0.3) is 0 Å². The summed E-state index contributed by atoms with van der Waals surface area (Å²) in [6, 6.07) is 5.22. The zero-order chi connectivity index (χ0) is 16.6. The van der Waals surface area contributed by atoms with E-state index in [0.29, 0.717) is 43.8 Å². The van der Waals surface area contributed by atoms with Crippen LogP contribution in [0, 0.1) is 0 Å². The average molecular weight is 350 g/mol. The number of benzene rings is 1. The quantitative estimate of drug-likeness (QED) is 0.773. The SMILES string of the molecule is O=S(=O)(c1ccc2c(c1)OCCCO2)N1CC[C@H](N2CC=CC2)C1. The summed E-state index contributed by atoms with van der Waals surface area (Å²) in [5.41, 5.74) is 0. The molecule has 6 nitrogen and oxygen atoms in total. The molecule has 0 aliphatic carbocycles. The Labute approximate surface area is 142 Å². The van der Waals surface area contributed by atoms with Crippen molar-refractivity contribution in [1.82, 2.24) is 9.21 Å². The van der Waals surface area contributed by atoms with Crippen LogP contribution < -0.4 is 9.47 Å². The summed E-state index contributed by atoms with van der Waals surface area (Å²) in [5, 5.41) is 0. The molecule has 1 aromatic rings. The molecule has 1 saturated heterocycles. The molecule has 0 aromatic heterocycles. The summed E-state index contributed by atoms with van der Waals surface area (Å²) in [5.74, 6) is 1.14. The molecule has 7 heteroatoms. The van der Waals surface area contributed by atoms with Gasteiger partial charge in [-0.1, -0.05) is 12.2 Å². The molecule has 0 saturated carbocycles. The number of hydrogen-bond donors (Lipinski definition) is 0. The summed E-state index contributed by atoms with van der Waals surface area (Å²) >= 11 is 0. The van der Waals surface area contributed by atoms with Gasteiger partial charge in [0.2, 0.25) is 10.0 Å². The van der Waals surface area contributed by atoms with Gasteiger partial charge in [-0.05, 0) is 18.6 Å². The van der Waals surface area contributed by atoms with E-state index in [9.17, 15) is 8.42 Å². The van der Waals surface area contributed by atoms with E-state index in [0.717, 1.165) is 25.9 Å². The third kappa shape index (κ3) is 2.92. The van der Waals surface area contributed by atoms with Gasteiger partial charge in [-0.15, -0.1) is 0 Å². The molecule has 4 rings (SSSR count). The summed E-state index contributed by atoms with van der Waals surface area (Å²) in [4.78, 5) is 2.61. The lowest BCUT2D eigenvalue weighted by Gasteiger charge is -2.23. The first-order valence-electron chi connectivity index (χ1n) is 8.43. The van der Waals surface area contributed by atoms with Crippen molar-refractivity contribution in [2.75, 3.05) is 39.4 Å². The number of ether oxygens (including phenoxy) is 2. The summed E-state index contributed by atoms with van der Waals surface area (Å²) < 4.78 is 38.7. The van der Waals surface area contributed by atoms with Crippen LogP contribution in [0.4, 0.5) is 0 Å². The minimum atomic E-state index is -3.50. The van der Waals surface area contributed by atoms with E-state index in [1.165, 1.54) is 0 Å². The molecule has 3 aliphatic heterocycles. The maximum absolute atomic E-state index is 13.0. The van der Waals surface area contributed by atoms with E-state index in [1.807, 2.05) is 0 Å². The van der Waals surface area contributed by atoms with Crippen molar-refractivity contribution < 1.29 is 17.9 Å². The van der Waals surface area contributed by atoms with Gasteiger partial charge in [0.15, 0.2) is 11.5 Å². The van der Waals surface area contributed by atoms with Crippen LogP contribution >= 0.6 is 0 Å². The highest BCUT2D eigenvalue weighted by Crippen LogP contribution is 2.34. The first-order valence-corrected chi connectivity index (χ1v) is 9.87. The fraction of sp³-hybridized carbons (Fsp3) is 0.529. The molecule has 0 N–H and O–H groups in total. The van der Waals surface area contributed by atoms with Crippen LogP contribution in [0.3, 0.4) is 0 Å². The number of fused-ring (bicyclic) bond motifs is 1. The Morgan fingerprint density at radius 2 is 1.79 bits per heavy atom. The Balaban J connectivity index is 1.53. The van der Waals surface area contributed by atoms with Crippen LogP contribution in [0.2, 0.25) is 0 Å². The van der Waals surface area contributed by atoms with Crippen molar-refractivity contribution in [3.8, 4) is 11.5 Å². The Hall–Kier alpha value is -1.57. The predicted molar refractivity (Wildman–Crippen MR) is 89.9 cm³/mol. The van der Waals surface area contributed by atoms with Gasteiger partial charge in [0.05, 0.1) is 18.1 Å². The molecule has 1 atom stereocenters. The summed E-state index contributed by atoms with van der Waals surface area (Å²) in [6.07, 6.45) is 5.96. The second-order valence-corrected chi connectivity index (χ2v) is 8.33. The van der Waals surface area contributed by atoms with Gasteiger partial charge in [0, 0.05) is 44.7 Å². The molecule has 24 heavy (non-hydrogen) atoms. The maximum Gasteiger partial charge on any atom is 0.243 e. The van der Waals surface area contributed by atoms with E-state index in [-0.39, 0.29) is 4.90 Å². The average Bonchev–Trinajstić information content (AvgIpc) is 3.22. The summed E-state index contributed by atoms with van der Waals surface area (Å²) in [7, 11) is -3.50. The summed E-state index contributed by atoms with van der Waals surface area (Å²) in [6.45, 7) is 4.10. The Bertz CT molecular complexity index is 739. The third-order valence-corrected chi connectivity index (χ3v) is 6.71. The van der Waals surface area contributed by atoms with E-state index >= 15 is 0 Å². The van der Waals surface area contributed by atoms with E-state index in [1.54, 1.807) is 22.5 Å². The fourth-order valence-electron chi connectivity index (χ4n) is 3.47. The number of rotatable bonds is 3. The van der Waals surface area contributed by atoms with Crippen LogP contribution in [-0.2, 0) is 10.0 Å². The second kappa shape index (κ2) is 6.38. The lowest BCUT2D eigenvalue weighted by atomic mass is 10.2. The smallest absolute Gasteiger partial charge is 0.243 e. The molecule has 3 aliphatic rings. The van der Waals surface area contributed by atoms with Crippen molar-refractivity contribution in [2.24, 2.45) is 0 Å². The molecule has 0 radical (unpaired) electrons. The molecule has 1 fully saturated rings. The van der Waals surface area contributed by atoms with Crippen molar-refractivity contribution in [2.45, 2.75) is 23.8 Å². The molecule has 130 valence electrons. The van der Waals surface area contributed by atoms with Crippen molar-refractivity contribution in [3.05, 3.63) is 30.4 Å². The van der Waals surface area contributed by atoms with Gasteiger partial charge in [0.25, 0.3) is 0 Å². The first kappa shape index (κ1) is 15.9. The van der Waals surface area contributed by atoms with E-state index in [4.69, 9.17) is 9.47 Å². The minimum Gasteiger partial charge on any atom is -0.490 e. The van der Waals surface area contributed by atoms with Crippen LogP contribution in [0.5, 0.6) is 11.5 Å². The van der Waals surface area contributed by atoms with Gasteiger partial charge in [-0.25, -0.2) is 8.42 Å². The standard InChI is InChI=1S/C17H22N2O4S/c20-24(21,19-9-6-14(13-19)18-7-1-2-8-18)15-4-5-16-17(12-15)23-11-3-10-22-16/h1-2,4-5,12,14H,3,6-11,13H2/t14-/m0/s1. The largest absolute Gasteiger partial charge is 0.490 e. The maximum atomic E-state index is 13.0. The van der Waals surface area contributed by atoms with Crippen molar-refractivity contribution in [3.63, 3.8) is 0 Å². The molecule has 0 spiro atoms. The van der Waals surface area contributed by atoms with E-state index < -0.39 is 10.0 Å². The molecule has 0 unspecified atom stereocenters. The Kier molecular flexibility index (Phi) is 4.24. The van der Waals surface area contributed by atoms with Gasteiger partial charge in [-0.2, -0.15) is 4.31 Å². The monoisotopic (exact) mass is 350 g/mol. The van der Waals surface area contributed by atoms with Gasteiger partial charge in [0.1, 0.15) is 0 Å². The van der Waals surface area contributed by atoms with Crippen LogP contribution in [-0.4, -0.2) is 63.1 Å². The highest BCUT2D eigenvalue weighted by Gasteiger charge is 2.35. The molecule has 1 aromatic carbocycles. The molecular formula is C17H22N2O4S. The Morgan fingerprint density at radius 1 is 1.04 bits per heavy atom. The lowest BCUT2D eigenvalue weighted by molar-refractivity contribution is 0.261. The zero-order valence-corrected chi connectivity index (χ0v) is 14.4. The predicted octanol–water partition coefficient (Wildman–Crippen LogP) is 1.48. The fourth-order valence-corrected chi connectivity index (χ4v) is 4.98. The van der Waals surface area contributed by atoms with E-state index in [2.05, 4.69) is 17.1 Å². The zero-order valence-electron chi connectivity index (χ0n) is 13.6. The topological polar surface area (TPSA) is 59.1 Å². The van der Waals surface area contributed by atoms with Gasteiger partial charge < -0.3 is 9.47 Å². The highest BCUT2D eigenvalue weighted by atomic mass is 32.2. The number of sulfonamides is 1. The minimum absolute atomic E-state index is 0.284. The lowest BCUT2D eigenvalue weighted by Crippen LogP contribution is -2.37. The Morgan fingerprint density at radius 3 is 2.58 bits per heavy atom. The van der Waals surface area contributed by atoms with Crippen LogP contribution in [0.1, 0.15) is 12.8 Å². The normalized spacial score (nSPS) is 25.1. The molecule has 0 amide bonds. The van der Waals surface area contributed by atoms with Crippen molar-refractivity contribution in [1.29, 1.82) is 0 Å². The van der Waals surface area contributed by atoms with Crippen molar-refractivity contribution >= 4 is 10.0 Å². The first-order chi connectivity index (χ1) is 11.6. The molecule has 0 bridgehead atoms. The number of nitrogens with zero attached hydrogens (tertiary/aromatic N) is 2. The van der Waals surface area contributed by atoms with Gasteiger partial charge in [-0.3, -0.25) is 4.90 Å². The molecule has 3 heterocycles. The number of hydrogen-bond acceptors (Lipinski definition) is 5. The second-order valence-electron chi connectivity index (χ2n) is 6.39. The third-order valence-electron chi connectivity index (χ3n) is 4.85. The highest BCUT2D eigenvalue weighted by molar-refractivity contribution is 7.89. The van der Waals surface area contributed by atoms with Gasteiger partial charge >= 0.3 is 0 Å². The van der Waals surface area contributed by atoms with Crippen LogP contribution in [0.15, 0.2) is 35.2 Å².